The van der Waals surface area contributed by atoms with Crippen LogP contribution >= 0.6 is 0 Å². The molecule has 0 aliphatic rings. The first-order chi connectivity index (χ1) is 12.3. The molecular formula is C20H23N3O3. The molecule has 2 aromatic rings. The first kappa shape index (κ1) is 19.2. The number of carbonyl (C=O) groups is 3. The van der Waals surface area contributed by atoms with Crippen LogP contribution in [0.1, 0.15) is 34.0 Å². The van der Waals surface area contributed by atoms with Crippen molar-refractivity contribution in [1.82, 2.24) is 5.32 Å². The number of aryl methyl sites for hydroxylation is 2. The molecule has 3 amide bonds. The Kier molecular flexibility index (Phi) is 6.11. The fourth-order valence-electron chi connectivity index (χ4n) is 2.60. The third kappa shape index (κ3) is 4.92. The summed E-state index contributed by atoms with van der Waals surface area (Å²) in [6, 6.07) is 11.6. The fraction of sp³-hybridized carbons (Fsp3) is 0.250. The van der Waals surface area contributed by atoms with Crippen LogP contribution in [0.4, 0.5) is 5.69 Å². The highest BCUT2D eigenvalue weighted by molar-refractivity contribution is 6.04. The summed E-state index contributed by atoms with van der Waals surface area (Å²) in [5, 5.41) is 5.27. The van der Waals surface area contributed by atoms with Gasteiger partial charge in [-0.1, -0.05) is 30.3 Å². The first-order valence-electron chi connectivity index (χ1n) is 8.31. The molecule has 0 radical (unpaired) electrons. The number of benzene rings is 2. The predicted octanol–water partition coefficient (Wildman–Crippen LogP) is 2.09. The Morgan fingerprint density at radius 1 is 1.04 bits per heavy atom. The highest BCUT2D eigenvalue weighted by atomic mass is 16.2. The Bertz CT molecular complexity index is 846. The van der Waals surface area contributed by atoms with Crippen LogP contribution in [0.25, 0.3) is 0 Å². The van der Waals surface area contributed by atoms with Gasteiger partial charge in [-0.2, -0.15) is 0 Å². The van der Waals surface area contributed by atoms with Gasteiger partial charge < -0.3 is 16.4 Å². The topological polar surface area (TPSA) is 101 Å². The van der Waals surface area contributed by atoms with E-state index in [1.54, 1.807) is 24.3 Å². The number of para-hydroxylation sites is 1. The number of anilines is 1. The summed E-state index contributed by atoms with van der Waals surface area (Å²) in [6.45, 7) is 5.35. The van der Waals surface area contributed by atoms with E-state index in [0.29, 0.717) is 12.1 Å². The maximum absolute atomic E-state index is 12.6. The molecule has 26 heavy (non-hydrogen) atoms. The quantitative estimate of drug-likeness (QED) is 0.741. The van der Waals surface area contributed by atoms with Gasteiger partial charge in [0.2, 0.25) is 11.8 Å². The van der Waals surface area contributed by atoms with Crippen LogP contribution in [-0.4, -0.2) is 23.8 Å². The van der Waals surface area contributed by atoms with E-state index in [0.717, 1.165) is 16.7 Å². The van der Waals surface area contributed by atoms with Gasteiger partial charge in [0.05, 0.1) is 11.3 Å². The van der Waals surface area contributed by atoms with Gasteiger partial charge in [-0.15, -0.1) is 0 Å². The molecule has 4 N–H and O–H groups in total. The molecule has 6 heteroatoms. The molecule has 2 rings (SSSR count). The molecule has 0 aliphatic heterocycles. The van der Waals surface area contributed by atoms with Gasteiger partial charge in [0.1, 0.15) is 6.04 Å². The van der Waals surface area contributed by atoms with Crippen LogP contribution in [0.3, 0.4) is 0 Å². The Labute approximate surface area is 152 Å². The normalized spacial score (nSPS) is 11.5. The van der Waals surface area contributed by atoms with Crippen LogP contribution in [0.15, 0.2) is 42.5 Å². The minimum atomic E-state index is -0.852. The van der Waals surface area contributed by atoms with Crippen LogP contribution < -0.4 is 16.4 Å². The molecule has 0 fully saturated rings. The lowest BCUT2D eigenvalue weighted by molar-refractivity contribution is -0.119. The molecule has 0 saturated heterocycles. The Hall–Kier alpha value is -3.15. The van der Waals surface area contributed by atoms with Gasteiger partial charge in [0, 0.05) is 13.3 Å². The monoisotopic (exact) mass is 353 g/mol. The molecule has 0 aliphatic carbocycles. The van der Waals surface area contributed by atoms with E-state index in [4.69, 9.17) is 5.73 Å². The lowest BCUT2D eigenvalue weighted by atomic mass is 10.00. The minimum Gasteiger partial charge on any atom is -0.368 e. The van der Waals surface area contributed by atoms with Crippen molar-refractivity contribution in [3.63, 3.8) is 0 Å². The van der Waals surface area contributed by atoms with Crippen molar-refractivity contribution in [3.05, 3.63) is 64.7 Å². The zero-order valence-electron chi connectivity index (χ0n) is 15.1. The Morgan fingerprint density at radius 3 is 2.35 bits per heavy atom. The van der Waals surface area contributed by atoms with Crippen molar-refractivity contribution in [2.45, 2.75) is 33.2 Å². The number of rotatable bonds is 6. The van der Waals surface area contributed by atoms with E-state index < -0.39 is 17.9 Å². The molecule has 136 valence electrons. The third-order valence-corrected chi connectivity index (χ3v) is 4.14. The van der Waals surface area contributed by atoms with Crippen molar-refractivity contribution in [1.29, 1.82) is 0 Å². The largest absolute Gasteiger partial charge is 0.368 e. The predicted molar refractivity (Wildman–Crippen MR) is 101 cm³/mol. The summed E-state index contributed by atoms with van der Waals surface area (Å²) in [7, 11) is 0. The van der Waals surface area contributed by atoms with E-state index in [9.17, 15) is 14.4 Å². The average Bonchev–Trinajstić information content (AvgIpc) is 2.57. The molecular weight excluding hydrogens is 330 g/mol. The number of hydrogen-bond acceptors (Lipinski definition) is 3. The van der Waals surface area contributed by atoms with Crippen molar-refractivity contribution < 1.29 is 14.4 Å². The summed E-state index contributed by atoms with van der Waals surface area (Å²) in [6.07, 6.45) is 0.296. The maximum Gasteiger partial charge on any atom is 0.254 e. The van der Waals surface area contributed by atoms with Crippen molar-refractivity contribution in [3.8, 4) is 0 Å². The van der Waals surface area contributed by atoms with Crippen molar-refractivity contribution in [2.24, 2.45) is 5.73 Å². The number of hydrogen-bond donors (Lipinski definition) is 3. The van der Waals surface area contributed by atoms with Gasteiger partial charge in [0.25, 0.3) is 5.91 Å². The van der Waals surface area contributed by atoms with Gasteiger partial charge in [-0.3, -0.25) is 14.4 Å². The van der Waals surface area contributed by atoms with E-state index in [1.165, 1.54) is 6.92 Å². The lowest BCUT2D eigenvalue weighted by Crippen LogP contribution is -2.46. The molecule has 0 unspecified atom stereocenters. The maximum atomic E-state index is 12.6. The number of primary amides is 1. The summed E-state index contributed by atoms with van der Waals surface area (Å²) >= 11 is 0. The summed E-state index contributed by atoms with van der Waals surface area (Å²) < 4.78 is 0. The van der Waals surface area contributed by atoms with Gasteiger partial charge in [-0.25, -0.2) is 0 Å². The smallest absolute Gasteiger partial charge is 0.254 e. The average molecular weight is 353 g/mol. The number of carbonyl (C=O) groups excluding carboxylic acids is 3. The summed E-state index contributed by atoms with van der Waals surface area (Å²) in [5.74, 6) is -1.37. The Balaban J connectivity index is 2.19. The van der Waals surface area contributed by atoms with Crippen molar-refractivity contribution in [2.75, 3.05) is 5.32 Å². The van der Waals surface area contributed by atoms with Crippen LogP contribution in [0, 0.1) is 13.8 Å². The highest BCUT2D eigenvalue weighted by Gasteiger charge is 2.21. The number of amides is 3. The second kappa shape index (κ2) is 8.29. The van der Waals surface area contributed by atoms with Gasteiger partial charge in [0.15, 0.2) is 0 Å². The minimum absolute atomic E-state index is 0.272. The second-order valence-corrected chi connectivity index (χ2v) is 6.28. The molecule has 6 nitrogen and oxygen atoms in total. The van der Waals surface area contributed by atoms with Gasteiger partial charge >= 0.3 is 0 Å². The zero-order chi connectivity index (χ0) is 19.3. The Morgan fingerprint density at radius 2 is 1.73 bits per heavy atom. The fourth-order valence-corrected chi connectivity index (χ4v) is 2.60. The van der Waals surface area contributed by atoms with Crippen molar-refractivity contribution >= 4 is 23.4 Å². The van der Waals surface area contributed by atoms with Gasteiger partial charge in [-0.05, 0) is 42.7 Å². The standard InChI is InChI=1S/C20H23N3O3/c1-12-8-9-15(10-13(12)2)11-18(19(21)25)23-20(26)16-6-4-5-7-17(16)22-14(3)24/h4-10,18H,11H2,1-3H3,(H2,21,25)(H,22,24)(H,23,26)/t18-/m1/s1. The first-order valence-corrected chi connectivity index (χ1v) is 8.31. The van der Waals surface area contributed by atoms with E-state index >= 15 is 0 Å². The van der Waals surface area contributed by atoms with E-state index in [-0.39, 0.29) is 11.5 Å². The van der Waals surface area contributed by atoms with Crippen LogP contribution in [0.2, 0.25) is 0 Å². The van der Waals surface area contributed by atoms with Crippen LogP contribution in [0.5, 0.6) is 0 Å². The molecule has 2 aromatic carbocycles. The molecule has 0 heterocycles. The molecule has 0 saturated carbocycles. The van der Waals surface area contributed by atoms with E-state index in [1.807, 2.05) is 32.0 Å². The highest BCUT2D eigenvalue weighted by Crippen LogP contribution is 2.16. The number of nitrogens with two attached hydrogens (primary N) is 1. The zero-order valence-corrected chi connectivity index (χ0v) is 15.1. The molecule has 1 atom stereocenters. The van der Waals surface area contributed by atoms with E-state index in [2.05, 4.69) is 10.6 Å². The lowest BCUT2D eigenvalue weighted by Gasteiger charge is -2.17. The SMILES string of the molecule is CC(=O)Nc1ccccc1C(=O)N[C@H](Cc1ccc(C)c(C)c1)C(N)=O. The van der Waals surface area contributed by atoms with Crippen LogP contribution in [-0.2, 0) is 16.0 Å². The number of nitrogens with one attached hydrogen (secondary N) is 2. The summed E-state index contributed by atoms with van der Waals surface area (Å²) in [4.78, 5) is 35.7. The molecule has 0 spiro atoms. The molecule has 0 bridgehead atoms. The molecule has 0 aromatic heterocycles. The second-order valence-electron chi connectivity index (χ2n) is 6.28. The summed E-state index contributed by atoms with van der Waals surface area (Å²) in [5.41, 5.74) is 9.29. The third-order valence-electron chi connectivity index (χ3n) is 4.14.